The molecule has 2 unspecified atom stereocenters. The fraction of sp³-hybridized carbons (Fsp3) is 0.600. The van der Waals surface area contributed by atoms with Crippen molar-refractivity contribution >= 4 is 11.4 Å². The summed E-state index contributed by atoms with van der Waals surface area (Å²) in [5, 5.41) is 3.45. The van der Waals surface area contributed by atoms with Gasteiger partial charge in [-0.1, -0.05) is 6.92 Å². The van der Waals surface area contributed by atoms with Gasteiger partial charge in [0.25, 0.3) is 0 Å². The molecule has 0 saturated carbocycles. The molecule has 1 aromatic carbocycles. The zero-order valence-electron chi connectivity index (χ0n) is 11.8. The third kappa shape index (κ3) is 3.77. The van der Waals surface area contributed by atoms with Crippen molar-refractivity contribution in [1.29, 1.82) is 0 Å². The summed E-state index contributed by atoms with van der Waals surface area (Å²) >= 11 is 0. The number of hydrogen-bond donors (Lipinski definition) is 2. The average Bonchev–Trinajstić information content (AvgIpc) is 2.83. The Morgan fingerprint density at radius 2 is 2.21 bits per heavy atom. The predicted molar refractivity (Wildman–Crippen MR) is 78.7 cm³/mol. The summed E-state index contributed by atoms with van der Waals surface area (Å²) < 4.78 is 11.2. The van der Waals surface area contributed by atoms with E-state index in [0.29, 0.717) is 18.6 Å². The molecule has 3 N–H and O–H groups in total. The number of hydrogen-bond acceptors (Lipinski definition) is 4. The van der Waals surface area contributed by atoms with E-state index in [-0.39, 0.29) is 0 Å². The van der Waals surface area contributed by atoms with Gasteiger partial charge in [0.05, 0.1) is 12.7 Å². The number of anilines is 2. The molecule has 1 aromatic rings. The molecule has 0 spiro atoms. The van der Waals surface area contributed by atoms with Crippen LogP contribution < -0.4 is 15.8 Å². The predicted octanol–water partition coefficient (Wildman–Crippen LogP) is 2.89. The molecular formula is C15H24N2O2. The van der Waals surface area contributed by atoms with Gasteiger partial charge in [-0.15, -0.1) is 0 Å². The van der Waals surface area contributed by atoms with Crippen molar-refractivity contribution in [3.63, 3.8) is 0 Å². The van der Waals surface area contributed by atoms with Gasteiger partial charge in [-0.2, -0.15) is 0 Å². The van der Waals surface area contributed by atoms with Crippen LogP contribution in [-0.2, 0) is 4.74 Å². The van der Waals surface area contributed by atoms with Gasteiger partial charge in [-0.25, -0.2) is 0 Å². The lowest BCUT2D eigenvalue weighted by atomic mass is 9.99. The van der Waals surface area contributed by atoms with Crippen LogP contribution >= 0.6 is 0 Å². The van der Waals surface area contributed by atoms with Crippen LogP contribution in [0.1, 0.15) is 26.7 Å². The normalized spacial score (nSPS) is 22.4. The Labute approximate surface area is 115 Å². The molecule has 19 heavy (non-hydrogen) atoms. The zero-order chi connectivity index (χ0) is 13.7. The molecule has 2 atom stereocenters. The summed E-state index contributed by atoms with van der Waals surface area (Å²) in [6, 6.07) is 5.79. The third-order valence-corrected chi connectivity index (χ3v) is 3.56. The van der Waals surface area contributed by atoms with E-state index < -0.39 is 0 Å². The van der Waals surface area contributed by atoms with E-state index in [1.165, 1.54) is 0 Å². The first-order valence-electron chi connectivity index (χ1n) is 7.11. The first-order valence-corrected chi connectivity index (χ1v) is 7.11. The monoisotopic (exact) mass is 264 g/mol. The van der Waals surface area contributed by atoms with Gasteiger partial charge in [-0.05, 0) is 25.8 Å². The van der Waals surface area contributed by atoms with Crippen LogP contribution in [0.25, 0.3) is 0 Å². The Bertz CT molecular complexity index is 409. The summed E-state index contributed by atoms with van der Waals surface area (Å²) in [4.78, 5) is 0. The van der Waals surface area contributed by atoms with Gasteiger partial charge >= 0.3 is 0 Å². The summed E-state index contributed by atoms with van der Waals surface area (Å²) in [5.41, 5.74) is 7.63. The SMILES string of the molecule is CCOc1cc(N)cc(NCC2CCOC2CC)c1. The molecule has 0 radical (unpaired) electrons. The number of rotatable bonds is 6. The largest absolute Gasteiger partial charge is 0.494 e. The number of nitrogens with one attached hydrogen (secondary N) is 1. The molecule has 106 valence electrons. The van der Waals surface area contributed by atoms with E-state index >= 15 is 0 Å². The zero-order valence-corrected chi connectivity index (χ0v) is 11.8. The van der Waals surface area contributed by atoms with Crippen LogP contribution in [0.5, 0.6) is 5.75 Å². The second kappa shape index (κ2) is 6.66. The molecule has 1 aliphatic heterocycles. The summed E-state index contributed by atoms with van der Waals surface area (Å²) in [5.74, 6) is 1.40. The van der Waals surface area contributed by atoms with Crippen molar-refractivity contribution in [3.05, 3.63) is 18.2 Å². The highest BCUT2D eigenvalue weighted by molar-refractivity contribution is 5.59. The van der Waals surface area contributed by atoms with E-state index in [9.17, 15) is 0 Å². The minimum atomic E-state index is 0.389. The number of benzene rings is 1. The highest BCUT2D eigenvalue weighted by Gasteiger charge is 2.26. The molecule has 0 amide bonds. The molecule has 0 aromatic heterocycles. The van der Waals surface area contributed by atoms with Crippen LogP contribution in [0.2, 0.25) is 0 Å². The summed E-state index contributed by atoms with van der Waals surface area (Å²) in [7, 11) is 0. The second-order valence-corrected chi connectivity index (χ2v) is 4.97. The lowest BCUT2D eigenvalue weighted by Gasteiger charge is -2.18. The molecule has 2 rings (SSSR count). The molecule has 1 saturated heterocycles. The van der Waals surface area contributed by atoms with Crippen molar-refractivity contribution in [2.45, 2.75) is 32.8 Å². The molecule has 4 heteroatoms. The minimum absolute atomic E-state index is 0.389. The van der Waals surface area contributed by atoms with Crippen molar-refractivity contribution in [3.8, 4) is 5.75 Å². The van der Waals surface area contributed by atoms with E-state index in [1.54, 1.807) is 0 Å². The highest BCUT2D eigenvalue weighted by atomic mass is 16.5. The topological polar surface area (TPSA) is 56.5 Å². The standard InChI is InChI=1S/C15H24N2O2/c1-3-15-11(5-6-19-15)10-17-13-7-12(16)8-14(9-13)18-4-2/h7-9,11,15,17H,3-6,10,16H2,1-2H3. The molecule has 0 aliphatic carbocycles. The van der Waals surface area contributed by atoms with E-state index in [4.69, 9.17) is 15.2 Å². The van der Waals surface area contributed by atoms with Crippen LogP contribution in [0.15, 0.2) is 18.2 Å². The van der Waals surface area contributed by atoms with Crippen molar-refractivity contribution in [2.24, 2.45) is 5.92 Å². The molecule has 1 heterocycles. The van der Waals surface area contributed by atoms with E-state index in [1.807, 2.05) is 25.1 Å². The van der Waals surface area contributed by atoms with Crippen molar-refractivity contribution in [1.82, 2.24) is 0 Å². The van der Waals surface area contributed by atoms with Crippen LogP contribution in [0, 0.1) is 5.92 Å². The Kier molecular flexibility index (Phi) is 4.91. The Morgan fingerprint density at radius 3 is 2.95 bits per heavy atom. The van der Waals surface area contributed by atoms with E-state index in [0.717, 1.165) is 43.1 Å². The Balaban J connectivity index is 1.95. The first-order chi connectivity index (χ1) is 9.22. The van der Waals surface area contributed by atoms with Crippen LogP contribution in [-0.4, -0.2) is 25.9 Å². The minimum Gasteiger partial charge on any atom is -0.494 e. The summed E-state index contributed by atoms with van der Waals surface area (Å²) in [6.45, 7) is 6.60. The molecular weight excluding hydrogens is 240 g/mol. The lowest BCUT2D eigenvalue weighted by Crippen LogP contribution is -2.22. The van der Waals surface area contributed by atoms with Crippen LogP contribution in [0.4, 0.5) is 11.4 Å². The maximum atomic E-state index is 5.88. The Morgan fingerprint density at radius 1 is 1.37 bits per heavy atom. The fourth-order valence-electron chi connectivity index (χ4n) is 2.60. The maximum Gasteiger partial charge on any atom is 0.123 e. The van der Waals surface area contributed by atoms with Crippen molar-refractivity contribution < 1.29 is 9.47 Å². The quantitative estimate of drug-likeness (QED) is 0.776. The third-order valence-electron chi connectivity index (χ3n) is 3.56. The van der Waals surface area contributed by atoms with Gasteiger partial charge in [0.1, 0.15) is 5.75 Å². The number of nitrogen functional groups attached to an aromatic ring is 1. The highest BCUT2D eigenvalue weighted by Crippen LogP contribution is 2.26. The lowest BCUT2D eigenvalue weighted by molar-refractivity contribution is 0.0900. The van der Waals surface area contributed by atoms with Crippen LogP contribution in [0.3, 0.4) is 0 Å². The number of ether oxygens (including phenoxy) is 2. The summed E-state index contributed by atoms with van der Waals surface area (Å²) in [6.07, 6.45) is 2.60. The fourth-order valence-corrected chi connectivity index (χ4v) is 2.60. The maximum absolute atomic E-state index is 5.88. The van der Waals surface area contributed by atoms with Gasteiger partial charge < -0.3 is 20.5 Å². The molecule has 0 bridgehead atoms. The molecule has 1 fully saturated rings. The number of nitrogens with two attached hydrogens (primary N) is 1. The van der Waals surface area contributed by atoms with Crippen molar-refractivity contribution in [2.75, 3.05) is 30.8 Å². The molecule has 4 nitrogen and oxygen atoms in total. The van der Waals surface area contributed by atoms with Gasteiger partial charge in [-0.3, -0.25) is 0 Å². The average molecular weight is 264 g/mol. The van der Waals surface area contributed by atoms with Gasteiger partial charge in [0.2, 0.25) is 0 Å². The van der Waals surface area contributed by atoms with E-state index in [2.05, 4.69) is 12.2 Å². The molecule has 1 aliphatic rings. The Hall–Kier alpha value is -1.42. The first kappa shape index (κ1) is 14.0. The smallest absolute Gasteiger partial charge is 0.123 e. The second-order valence-electron chi connectivity index (χ2n) is 4.97. The van der Waals surface area contributed by atoms with Gasteiger partial charge in [0.15, 0.2) is 0 Å². The van der Waals surface area contributed by atoms with Gasteiger partial charge in [0, 0.05) is 42.6 Å².